The fourth-order valence-electron chi connectivity index (χ4n) is 3.46. The van der Waals surface area contributed by atoms with Crippen LogP contribution >= 0.6 is 0 Å². The Morgan fingerprint density at radius 3 is 2.68 bits per heavy atom. The highest BCUT2D eigenvalue weighted by Crippen LogP contribution is 2.25. The van der Waals surface area contributed by atoms with Crippen molar-refractivity contribution in [3.8, 4) is 5.75 Å². The van der Waals surface area contributed by atoms with Crippen molar-refractivity contribution in [1.29, 1.82) is 0 Å². The number of hydrogen-bond donors (Lipinski definition) is 2. The SMILES string of the molecule is COc1ccc(C(C)NC(=O)CCc2cc3c(cn2)[nH]c2ccccc23)cc1. The maximum atomic E-state index is 12.4. The number of H-pyrrole nitrogens is 1. The minimum atomic E-state index is -0.0533. The highest BCUT2D eigenvalue weighted by atomic mass is 16.5. The zero-order valence-corrected chi connectivity index (χ0v) is 16.0. The number of benzene rings is 2. The van der Waals surface area contributed by atoms with Crippen molar-refractivity contribution in [2.24, 2.45) is 0 Å². The lowest BCUT2D eigenvalue weighted by molar-refractivity contribution is -0.121. The molecule has 5 heteroatoms. The first-order chi connectivity index (χ1) is 13.6. The molecule has 1 amide bonds. The minimum absolute atomic E-state index is 0.0177. The van der Waals surface area contributed by atoms with Gasteiger partial charge >= 0.3 is 0 Å². The molecule has 2 N–H and O–H groups in total. The second kappa shape index (κ2) is 7.72. The van der Waals surface area contributed by atoms with Gasteiger partial charge in [-0.25, -0.2) is 0 Å². The monoisotopic (exact) mass is 373 g/mol. The van der Waals surface area contributed by atoms with Gasteiger partial charge in [0.1, 0.15) is 5.75 Å². The lowest BCUT2D eigenvalue weighted by atomic mass is 10.1. The molecule has 5 nitrogen and oxygen atoms in total. The highest BCUT2D eigenvalue weighted by molar-refractivity contribution is 6.06. The quantitative estimate of drug-likeness (QED) is 0.522. The van der Waals surface area contributed by atoms with Gasteiger partial charge in [-0.05, 0) is 43.2 Å². The second-order valence-electron chi connectivity index (χ2n) is 6.95. The number of rotatable bonds is 6. The van der Waals surface area contributed by atoms with E-state index in [1.807, 2.05) is 49.5 Å². The van der Waals surface area contributed by atoms with Crippen LogP contribution in [0.5, 0.6) is 5.75 Å². The predicted molar refractivity (Wildman–Crippen MR) is 111 cm³/mol. The van der Waals surface area contributed by atoms with E-state index in [0.717, 1.165) is 33.4 Å². The van der Waals surface area contributed by atoms with E-state index in [-0.39, 0.29) is 11.9 Å². The summed E-state index contributed by atoms with van der Waals surface area (Å²) in [4.78, 5) is 20.3. The van der Waals surface area contributed by atoms with E-state index in [9.17, 15) is 4.79 Å². The van der Waals surface area contributed by atoms with E-state index < -0.39 is 0 Å². The average Bonchev–Trinajstić information content (AvgIpc) is 3.10. The Hall–Kier alpha value is -3.34. The Balaban J connectivity index is 1.40. The molecule has 1 unspecified atom stereocenters. The van der Waals surface area contributed by atoms with Crippen molar-refractivity contribution < 1.29 is 9.53 Å². The Morgan fingerprint density at radius 1 is 1.11 bits per heavy atom. The van der Waals surface area contributed by atoms with Gasteiger partial charge in [-0.1, -0.05) is 30.3 Å². The van der Waals surface area contributed by atoms with Crippen LogP contribution in [0.25, 0.3) is 21.8 Å². The van der Waals surface area contributed by atoms with Crippen LogP contribution in [0.2, 0.25) is 0 Å². The van der Waals surface area contributed by atoms with Crippen LogP contribution in [0.4, 0.5) is 0 Å². The fraction of sp³-hybridized carbons (Fsp3) is 0.217. The van der Waals surface area contributed by atoms with Crippen molar-refractivity contribution in [3.63, 3.8) is 0 Å². The standard InChI is InChI=1S/C23H23N3O2/c1-15(16-7-10-18(28-2)11-8-16)25-23(27)12-9-17-13-20-19-5-3-4-6-21(19)26-22(20)14-24-17/h3-8,10-11,13-15,26H,9,12H2,1-2H3,(H,25,27). The summed E-state index contributed by atoms with van der Waals surface area (Å²) < 4.78 is 5.17. The lowest BCUT2D eigenvalue weighted by Crippen LogP contribution is -2.26. The number of amides is 1. The molecule has 0 saturated carbocycles. The van der Waals surface area contributed by atoms with E-state index in [4.69, 9.17) is 4.74 Å². The molecular formula is C23H23N3O2. The first kappa shape index (κ1) is 18.0. The number of methoxy groups -OCH3 is 1. The van der Waals surface area contributed by atoms with Crippen LogP contribution in [0.1, 0.15) is 30.6 Å². The van der Waals surface area contributed by atoms with Crippen molar-refractivity contribution in [3.05, 3.63) is 72.1 Å². The molecule has 2 aromatic carbocycles. The van der Waals surface area contributed by atoms with Crippen LogP contribution in [-0.4, -0.2) is 23.0 Å². The first-order valence-electron chi connectivity index (χ1n) is 9.42. The number of aromatic amines is 1. The molecule has 2 aromatic heterocycles. The number of aryl methyl sites for hydroxylation is 1. The van der Waals surface area contributed by atoms with Gasteiger partial charge in [0.15, 0.2) is 0 Å². The number of hydrogen-bond acceptors (Lipinski definition) is 3. The Morgan fingerprint density at radius 2 is 1.89 bits per heavy atom. The van der Waals surface area contributed by atoms with E-state index in [0.29, 0.717) is 12.8 Å². The number of para-hydroxylation sites is 1. The molecule has 0 bridgehead atoms. The van der Waals surface area contributed by atoms with E-state index in [1.54, 1.807) is 7.11 Å². The Bertz CT molecular complexity index is 1120. The summed E-state index contributed by atoms with van der Waals surface area (Å²) in [7, 11) is 1.64. The van der Waals surface area contributed by atoms with E-state index in [1.165, 1.54) is 5.39 Å². The Kier molecular flexibility index (Phi) is 4.98. The molecular weight excluding hydrogens is 350 g/mol. The third-order valence-corrected chi connectivity index (χ3v) is 5.05. The molecule has 28 heavy (non-hydrogen) atoms. The number of carbonyl (C=O) groups excluding carboxylic acids is 1. The smallest absolute Gasteiger partial charge is 0.220 e. The maximum absolute atomic E-state index is 12.4. The molecule has 4 aromatic rings. The Labute approximate surface area is 163 Å². The summed E-state index contributed by atoms with van der Waals surface area (Å²) in [6.45, 7) is 1.98. The summed E-state index contributed by atoms with van der Waals surface area (Å²) in [5, 5.41) is 5.38. The fourth-order valence-corrected chi connectivity index (χ4v) is 3.46. The molecule has 0 spiro atoms. The van der Waals surface area contributed by atoms with Gasteiger partial charge in [0.25, 0.3) is 0 Å². The molecule has 0 aliphatic carbocycles. The largest absolute Gasteiger partial charge is 0.497 e. The lowest BCUT2D eigenvalue weighted by Gasteiger charge is -2.14. The van der Waals surface area contributed by atoms with Crippen LogP contribution in [0.15, 0.2) is 60.8 Å². The number of carbonyl (C=O) groups is 1. The van der Waals surface area contributed by atoms with Gasteiger partial charge in [0.2, 0.25) is 5.91 Å². The van der Waals surface area contributed by atoms with E-state index >= 15 is 0 Å². The van der Waals surface area contributed by atoms with Crippen LogP contribution in [0.3, 0.4) is 0 Å². The zero-order valence-electron chi connectivity index (χ0n) is 16.0. The molecule has 0 radical (unpaired) electrons. The molecule has 0 fully saturated rings. The zero-order chi connectivity index (χ0) is 19.5. The summed E-state index contributed by atoms with van der Waals surface area (Å²) in [6.07, 6.45) is 2.86. The summed E-state index contributed by atoms with van der Waals surface area (Å²) in [5.41, 5.74) is 4.09. The van der Waals surface area contributed by atoms with Gasteiger partial charge in [-0.15, -0.1) is 0 Å². The van der Waals surface area contributed by atoms with Gasteiger partial charge in [0.05, 0.1) is 24.9 Å². The summed E-state index contributed by atoms with van der Waals surface area (Å²) in [6, 6.07) is 18.0. The minimum Gasteiger partial charge on any atom is -0.497 e. The van der Waals surface area contributed by atoms with Crippen molar-refractivity contribution in [2.45, 2.75) is 25.8 Å². The molecule has 1 atom stereocenters. The van der Waals surface area contributed by atoms with Crippen LogP contribution in [-0.2, 0) is 11.2 Å². The molecule has 0 aliphatic rings. The number of fused-ring (bicyclic) bond motifs is 3. The first-order valence-corrected chi connectivity index (χ1v) is 9.42. The van der Waals surface area contributed by atoms with E-state index in [2.05, 4.69) is 33.5 Å². The number of nitrogens with one attached hydrogen (secondary N) is 2. The van der Waals surface area contributed by atoms with Gasteiger partial charge in [-0.3, -0.25) is 9.78 Å². The van der Waals surface area contributed by atoms with Gasteiger partial charge < -0.3 is 15.0 Å². The average molecular weight is 373 g/mol. The van der Waals surface area contributed by atoms with Crippen molar-refractivity contribution >= 4 is 27.7 Å². The van der Waals surface area contributed by atoms with Gasteiger partial charge in [0, 0.05) is 28.4 Å². The van der Waals surface area contributed by atoms with Crippen LogP contribution < -0.4 is 10.1 Å². The molecule has 142 valence electrons. The normalized spacial score (nSPS) is 12.2. The van der Waals surface area contributed by atoms with Crippen molar-refractivity contribution in [1.82, 2.24) is 15.3 Å². The molecule has 0 aliphatic heterocycles. The molecule has 4 rings (SSSR count). The number of ether oxygens (including phenoxy) is 1. The predicted octanol–water partition coefficient (Wildman–Crippen LogP) is 4.53. The number of nitrogens with zero attached hydrogens (tertiary/aromatic N) is 1. The maximum Gasteiger partial charge on any atom is 0.220 e. The second-order valence-corrected chi connectivity index (χ2v) is 6.95. The molecule has 2 heterocycles. The molecule has 0 saturated heterocycles. The topological polar surface area (TPSA) is 67.0 Å². The van der Waals surface area contributed by atoms with Crippen molar-refractivity contribution in [2.75, 3.05) is 7.11 Å². The number of pyridine rings is 1. The summed E-state index contributed by atoms with van der Waals surface area (Å²) in [5.74, 6) is 0.824. The highest BCUT2D eigenvalue weighted by Gasteiger charge is 2.11. The van der Waals surface area contributed by atoms with Gasteiger partial charge in [-0.2, -0.15) is 0 Å². The third kappa shape index (κ3) is 3.69. The third-order valence-electron chi connectivity index (χ3n) is 5.05. The summed E-state index contributed by atoms with van der Waals surface area (Å²) >= 11 is 0. The number of aromatic nitrogens is 2. The van der Waals surface area contributed by atoms with Crippen LogP contribution in [0, 0.1) is 0 Å².